The quantitative estimate of drug-likeness (QED) is 0.614. The van der Waals surface area contributed by atoms with Crippen LogP contribution in [0.4, 0.5) is 5.69 Å². The monoisotopic (exact) mass is 402 g/mol. The third kappa shape index (κ3) is 5.08. The Labute approximate surface area is 164 Å². The zero-order chi connectivity index (χ0) is 19.2. The van der Waals surface area contributed by atoms with E-state index in [2.05, 4.69) is 20.5 Å². The van der Waals surface area contributed by atoms with Gasteiger partial charge in [0.2, 0.25) is 5.91 Å². The summed E-state index contributed by atoms with van der Waals surface area (Å²) in [4.78, 5) is 26.9. The summed E-state index contributed by atoms with van der Waals surface area (Å²) < 4.78 is 5.07. The van der Waals surface area contributed by atoms with E-state index in [1.165, 1.54) is 0 Å². The number of halogens is 1. The van der Waals surface area contributed by atoms with Crippen molar-refractivity contribution >= 4 is 35.0 Å². The number of nitrogens with one attached hydrogen (secondary N) is 2. The molecule has 27 heavy (non-hydrogen) atoms. The zero-order valence-electron chi connectivity index (χ0n) is 14.2. The van der Waals surface area contributed by atoms with Gasteiger partial charge in [-0.3, -0.25) is 14.6 Å². The fourth-order valence-electron chi connectivity index (χ4n) is 2.19. The molecule has 0 aliphatic heterocycles. The molecule has 9 heteroatoms. The van der Waals surface area contributed by atoms with Crippen LogP contribution < -0.4 is 15.6 Å². The number of anilines is 1. The second-order valence-corrected chi connectivity index (χ2v) is 6.78. The molecule has 0 saturated carbocycles. The highest BCUT2D eigenvalue weighted by Crippen LogP contribution is 2.18. The smallest absolute Gasteiger partial charge is 0.278 e. The molecule has 0 radical (unpaired) electrons. The third-order valence-corrected chi connectivity index (χ3v) is 4.62. The Morgan fingerprint density at radius 2 is 1.85 bits per heavy atom. The summed E-state index contributed by atoms with van der Waals surface area (Å²) in [5, 5.41) is 11.5. The third-order valence-electron chi connectivity index (χ3n) is 3.51. The highest BCUT2D eigenvalue weighted by Gasteiger charge is 2.10. The molecule has 2 aromatic carbocycles. The van der Waals surface area contributed by atoms with Gasteiger partial charge in [-0.25, -0.2) is 0 Å². The number of carbonyl (C=O) groups excluding carboxylic acids is 1. The van der Waals surface area contributed by atoms with Gasteiger partial charge in [-0.1, -0.05) is 35.5 Å². The molecule has 0 saturated heterocycles. The summed E-state index contributed by atoms with van der Waals surface area (Å²) >= 11 is 6.93. The number of aromatic nitrogens is 3. The Morgan fingerprint density at radius 3 is 2.48 bits per heavy atom. The van der Waals surface area contributed by atoms with Crippen LogP contribution in [-0.4, -0.2) is 34.0 Å². The van der Waals surface area contributed by atoms with E-state index in [9.17, 15) is 9.59 Å². The van der Waals surface area contributed by atoms with Crippen molar-refractivity contribution in [3.63, 3.8) is 0 Å². The lowest BCUT2D eigenvalue weighted by molar-refractivity contribution is -0.113. The van der Waals surface area contributed by atoms with E-state index in [4.69, 9.17) is 16.3 Å². The van der Waals surface area contributed by atoms with Gasteiger partial charge in [0.25, 0.3) is 5.56 Å². The number of amides is 1. The van der Waals surface area contributed by atoms with Crippen LogP contribution in [0.1, 0.15) is 0 Å². The largest absolute Gasteiger partial charge is 0.497 e. The van der Waals surface area contributed by atoms with Crippen molar-refractivity contribution in [2.45, 2.75) is 5.16 Å². The number of aromatic amines is 1. The van der Waals surface area contributed by atoms with Crippen molar-refractivity contribution in [2.75, 3.05) is 18.2 Å². The molecule has 0 aliphatic carbocycles. The van der Waals surface area contributed by atoms with Crippen LogP contribution in [0.2, 0.25) is 5.02 Å². The van der Waals surface area contributed by atoms with Crippen molar-refractivity contribution in [1.82, 2.24) is 15.2 Å². The number of rotatable bonds is 6. The lowest BCUT2D eigenvalue weighted by Gasteiger charge is -2.06. The Bertz CT molecular complexity index is 991. The minimum Gasteiger partial charge on any atom is -0.497 e. The summed E-state index contributed by atoms with van der Waals surface area (Å²) in [6, 6.07) is 13.7. The molecule has 1 heterocycles. The van der Waals surface area contributed by atoms with E-state index in [0.717, 1.165) is 11.8 Å². The maximum Gasteiger partial charge on any atom is 0.278 e. The molecule has 0 unspecified atom stereocenters. The molecular formula is C18H15ClN4O3S. The van der Waals surface area contributed by atoms with Crippen LogP contribution in [-0.2, 0) is 4.79 Å². The molecule has 0 atom stereocenters. The van der Waals surface area contributed by atoms with Crippen LogP contribution in [0.5, 0.6) is 5.75 Å². The number of nitrogens with zero attached hydrogens (tertiary/aromatic N) is 2. The summed E-state index contributed by atoms with van der Waals surface area (Å²) in [5.74, 6) is 0.558. The first-order valence-corrected chi connectivity index (χ1v) is 9.21. The standard InChI is InChI=1S/C18H15ClN4O3S/c1-26-14-8-6-13(7-9-14)20-15(24)10-27-18-21-17(25)16(22-23-18)11-2-4-12(19)5-3-11/h2-9H,10H2,1H3,(H,20,24)(H,21,23,25). The lowest BCUT2D eigenvalue weighted by Crippen LogP contribution is -2.17. The molecule has 3 rings (SSSR count). The fourth-order valence-corrected chi connectivity index (χ4v) is 2.92. The molecule has 0 bridgehead atoms. The second-order valence-electron chi connectivity index (χ2n) is 5.38. The van der Waals surface area contributed by atoms with Crippen LogP contribution >= 0.6 is 23.4 Å². The summed E-state index contributed by atoms with van der Waals surface area (Å²) in [6.07, 6.45) is 0. The Balaban J connectivity index is 1.60. The molecule has 1 aromatic heterocycles. The highest BCUT2D eigenvalue weighted by atomic mass is 35.5. The average molecular weight is 403 g/mol. The number of carbonyl (C=O) groups is 1. The number of hydrogen-bond donors (Lipinski definition) is 2. The van der Waals surface area contributed by atoms with E-state index >= 15 is 0 Å². The van der Waals surface area contributed by atoms with Crippen molar-refractivity contribution in [3.05, 3.63) is 63.9 Å². The maximum atomic E-state index is 12.2. The highest BCUT2D eigenvalue weighted by molar-refractivity contribution is 7.99. The topological polar surface area (TPSA) is 97.0 Å². The predicted octanol–water partition coefficient (Wildman–Crippen LogP) is 3.22. The van der Waals surface area contributed by atoms with E-state index in [0.29, 0.717) is 22.0 Å². The Kier molecular flexibility index (Phi) is 6.10. The maximum absolute atomic E-state index is 12.2. The van der Waals surface area contributed by atoms with Crippen LogP contribution in [0.25, 0.3) is 11.3 Å². The molecule has 138 valence electrons. The SMILES string of the molecule is COc1ccc(NC(=O)CSc2nnc(-c3ccc(Cl)cc3)c(=O)[nH]2)cc1. The van der Waals surface area contributed by atoms with Gasteiger partial charge in [0, 0.05) is 16.3 Å². The van der Waals surface area contributed by atoms with Crippen LogP contribution in [0.3, 0.4) is 0 Å². The molecular weight excluding hydrogens is 388 g/mol. The minimum absolute atomic E-state index is 0.0803. The number of H-pyrrole nitrogens is 1. The summed E-state index contributed by atoms with van der Waals surface area (Å²) in [5.41, 5.74) is 1.07. The normalized spacial score (nSPS) is 10.4. The van der Waals surface area contributed by atoms with Gasteiger partial charge in [0.15, 0.2) is 10.9 Å². The van der Waals surface area contributed by atoms with Crippen molar-refractivity contribution in [2.24, 2.45) is 0 Å². The first-order valence-electron chi connectivity index (χ1n) is 7.85. The van der Waals surface area contributed by atoms with E-state index in [-0.39, 0.29) is 28.1 Å². The van der Waals surface area contributed by atoms with Gasteiger partial charge >= 0.3 is 0 Å². The number of methoxy groups -OCH3 is 1. The number of hydrogen-bond acceptors (Lipinski definition) is 6. The summed E-state index contributed by atoms with van der Waals surface area (Å²) in [7, 11) is 1.57. The van der Waals surface area contributed by atoms with Gasteiger partial charge in [-0.05, 0) is 36.4 Å². The van der Waals surface area contributed by atoms with Crippen molar-refractivity contribution in [3.8, 4) is 17.0 Å². The molecule has 0 spiro atoms. The number of thioether (sulfide) groups is 1. The fraction of sp³-hybridized carbons (Fsp3) is 0.111. The Hall–Kier alpha value is -2.84. The molecule has 1 amide bonds. The molecule has 2 N–H and O–H groups in total. The van der Waals surface area contributed by atoms with Gasteiger partial charge < -0.3 is 10.1 Å². The molecule has 0 aliphatic rings. The zero-order valence-corrected chi connectivity index (χ0v) is 15.8. The number of ether oxygens (including phenoxy) is 1. The van der Waals surface area contributed by atoms with Gasteiger partial charge in [0.1, 0.15) is 5.75 Å². The van der Waals surface area contributed by atoms with Crippen molar-refractivity contribution in [1.29, 1.82) is 0 Å². The predicted molar refractivity (Wildman–Crippen MR) is 105 cm³/mol. The van der Waals surface area contributed by atoms with E-state index < -0.39 is 0 Å². The minimum atomic E-state index is -0.384. The summed E-state index contributed by atoms with van der Waals surface area (Å²) in [6.45, 7) is 0. The second kappa shape index (κ2) is 8.70. The van der Waals surface area contributed by atoms with Crippen molar-refractivity contribution < 1.29 is 9.53 Å². The average Bonchev–Trinajstić information content (AvgIpc) is 2.68. The van der Waals surface area contributed by atoms with Gasteiger partial charge in [-0.2, -0.15) is 0 Å². The van der Waals surface area contributed by atoms with Crippen LogP contribution in [0, 0.1) is 0 Å². The lowest BCUT2D eigenvalue weighted by atomic mass is 10.2. The molecule has 3 aromatic rings. The molecule has 0 fully saturated rings. The van der Waals surface area contributed by atoms with Gasteiger partial charge in [0.05, 0.1) is 12.9 Å². The first kappa shape index (κ1) is 18.9. The number of benzene rings is 2. The first-order chi connectivity index (χ1) is 13.0. The van der Waals surface area contributed by atoms with Gasteiger partial charge in [-0.15, -0.1) is 10.2 Å². The van der Waals surface area contributed by atoms with E-state index in [1.54, 1.807) is 55.6 Å². The van der Waals surface area contributed by atoms with Crippen LogP contribution in [0.15, 0.2) is 58.5 Å². The Morgan fingerprint density at radius 1 is 1.15 bits per heavy atom. The van der Waals surface area contributed by atoms with E-state index in [1.807, 2.05) is 0 Å². The molecule has 7 nitrogen and oxygen atoms in total.